The molecule has 108 valence electrons. The largest absolute Gasteiger partial charge is 0.467 e. The van der Waals surface area contributed by atoms with Gasteiger partial charge in [-0.1, -0.05) is 24.4 Å². The van der Waals surface area contributed by atoms with Gasteiger partial charge in [-0.25, -0.2) is 0 Å². The molecule has 0 radical (unpaired) electrons. The van der Waals surface area contributed by atoms with E-state index in [-0.39, 0.29) is 18.2 Å². The van der Waals surface area contributed by atoms with Gasteiger partial charge in [-0.05, 0) is 37.1 Å². The number of halogens is 1. The first-order chi connectivity index (χ1) is 9.74. The normalized spacial score (nSPS) is 24.7. The molecule has 0 bridgehead atoms. The molecule has 0 spiro atoms. The minimum Gasteiger partial charge on any atom is -0.467 e. The van der Waals surface area contributed by atoms with Crippen LogP contribution in [0.4, 0.5) is 0 Å². The second-order valence-electron chi connectivity index (χ2n) is 5.22. The number of nitrogens with one attached hydrogen (secondary N) is 1. The van der Waals surface area contributed by atoms with Crippen molar-refractivity contribution in [1.29, 1.82) is 0 Å². The maximum absolute atomic E-state index is 10.2. The van der Waals surface area contributed by atoms with Crippen molar-refractivity contribution in [3.8, 4) is 0 Å². The summed E-state index contributed by atoms with van der Waals surface area (Å²) < 4.78 is 6.32. The van der Waals surface area contributed by atoms with Crippen molar-refractivity contribution in [2.75, 3.05) is 0 Å². The van der Waals surface area contributed by atoms with Gasteiger partial charge in [0.1, 0.15) is 11.8 Å². The van der Waals surface area contributed by atoms with Crippen LogP contribution in [-0.4, -0.2) is 17.3 Å². The van der Waals surface area contributed by atoms with Crippen LogP contribution in [0.3, 0.4) is 0 Å². The van der Waals surface area contributed by atoms with Crippen LogP contribution in [0.1, 0.15) is 42.4 Å². The summed E-state index contributed by atoms with van der Waals surface area (Å²) in [7, 11) is 0. The van der Waals surface area contributed by atoms with Gasteiger partial charge < -0.3 is 9.52 Å². The Balaban J connectivity index is 1.82. The van der Waals surface area contributed by atoms with Gasteiger partial charge in [0.05, 0.1) is 16.7 Å². The van der Waals surface area contributed by atoms with Crippen molar-refractivity contribution >= 4 is 22.9 Å². The topological polar surface area (TPSA) is 45.4 Å². The number of furan rings is 1. The lowest BCUT2D eigenvalue weighted by Crippen LogP contribution is -2.43. The van der Waals surface area contributed by atoms with Gasteiger partial charge in [-0.15, -0.1) is 11.3 Å². The van der Waals surface area contributed by atoms with E-state index in [9.17, 15) is 5.11 Å². The highest BCUT2D eigenvalue weighted by Crippen LogP contribution is 2.33. The van der Waals surface area contributed by atoms with Gasteiger partial charge in [0.15, 0.2) is 0 Å². The predicted octanol–water partition coefficient (Wildman–Crippen LogP) is 3.98. The number of rotatable bonds is 4. The lowest BCUT2D eigenvalue weighted by atomic mass is 9.91. The molecule has 20 heavy (non-hydrogen) atoms. The molecule has 1 aliphatic carbocycles. The third-order valence-electron chi connectivity index (χ3n) is 3.82. The fourth-order valence-corrected chi connectivity index (χ4v) is 3.89. The molecule has 1 saturated carbocycles. The molecule has 3 unspecified atom stereocenters. The highest BCUT2D eigenvalue weighted by molar-refractivity contribution is 7.16. The number of aliphatic hydroxyl groups is 1. The molecule has 1 aliphatic rings. The van der Waals surface area contributed by atoms with Crippen LogP contribution < -0.4 is 5.32 Å². The molecule has 2 aromatic heterocycles. The Hall–Kier alpha value is -0.810. The summed E-state index contributed by atoms with van der Waals surface area (Å²) in [6.07, 6.45) is 5.53. The molecule has 2 aromatic rings. The highest BCUT2D eigenvalue weighted by atomic mass is 35.5. The molecular weight excluding hydrogens is 294 g/mol. The zero-order chi connectivity index (χ0) is 13.9. The number of aliphatic hydroxyl groups excluding tert-OH is 1. The van der Waals surface area contributed by atoms with E-state index in [1.54, 1.807) is 17.6 Å². The van der Waals surface area contributed by atoms with Crippen LogP contribution >= 0.6 is 22.9 Å². The van der Waals surface area contributed by atoms with Crippen LogP contribution in [0.2, 0.25) is 4.34 Å². The summed E-state index contributed by atoms with van der Waals surface area (Å²) in [5.74, 6) is 0.862. The molecule has 3 atom stereocenters. The maximum atomic E-state index is 10.2. The summed E-state index contributed by atoms with van der Waals surface area (Å²) in [5.41, 5.74) is 0. The lowest BCUT2D eigenvalue weighted by molar-refractivity contribution is 0.0861. The monoisotopic (exact) mass is 311 g/mol. The standard InChI is InChI=1S/C15H18ClNO2S/c16-14-8-7-13(20-14)15(12-6-3-9-19-12)17-10-4-1-2-5-11(10)18/h3,6-11,15,17-18H,1-2,4-5H2. The van der Waals surface area contributed by atoms with Gasteiger partial charge in [0.25, 0.3) is 0 Å². The molecule has 0 amide bonds. The van der Waals surface area contributed by atoms with Gasteiger partial charge in [0.2, 0.25) is 0 Å². The van der Waals surface area contributed by atoms with Gasteiger partial charge >= 0.3 is 0 Å². The summed E-state index contributed by atoms with van der Waals surface area (Å²) in [6.45, 7) is 0. The van der Waals surface area contributed by atoms with Crippen LogP contribution in [0, 0.1) is 0 Å². The van der Waals surface area contributed by atoms with E-state index in [0.29, 0.717) is 0 Å². The van der Waals surface area contributed by atoms with E-state index in [4.69, 9.17) is 16.0 Å². The Morgan fingerprint density at radius 3 is 2.80 bits per heavy atom. The lowest BCUT2D eigenvalue weighted by Gasteiger charge is -2.31. The quantitative estimate of drug-likeness (QED) is 0.898. The molecule has 2 heterocycles. The third kappa shape index (κ3) is 3.09. The average Bonchev–Trinajstić information content (AvgIpc) is 3.09. The Kier molecular flexibility index (Phi) is 4.46. The van der Waals surface area contributed by atoms with E-state index in [0.717, 1.165) is 40.7 Å². The van der Waals surface area contributed by atoms with Gasteiger partial charge in [-0.3, -0.25) is 5.32 Å². The summed E-state index contributed by atoms with van der Waals surface area (Å²) >= 11 is 7.59. The second-order valence-corrected chi connectivity index (χ2v) is 6.96. The third-order valence-corrected chi connectivity index (χ3v) is 5.11. The molecule has 0 saturated heterocycles. The van der Waals surface area contributed by atoms with E-state index in [2.05, 4.69) is 5.32 Å². The van der Waals surface area contributed by atoms with E-state index in [1.165, 1.54) is 0 Å². The highest BCUT2D eigenvalue weighted by Gasteiger charge is 2.28. The van der Waals surface area contributed by atoms with Crippen molar-refractivity contribution in [2.24, 2.45) is 0 Å². The molecule has 1 fully saturated rings. The Morgan fingerprint density at radius 2 is 2.15 bits per heavy atom. The Morgan fingerprint density at radius 1 is 1.30 bits per heavy atom. The van der Waals surface area contributed by atoms with Gasteiger partial charge in [0, 0.05) is 10.9 Å². The zero-order valence-electron chi connectivity index (χ0n) is 11.1. The van der Waals surface area contributed by atoms with Crippen LogP contribution in [0.15, 0.2) is 34.9 Å². The first-order valence-corrected chi connectivity index (χ1v) is 8.16. The summed E-state index contributed by atoms with van der Waals surface area (Å²) in [6, 6.07) is 7.83. The fraction of sp³-hybridized carbons (Fsp3) is 0.467. The molecule has 5 heteroatoms. The zero-order valence-corrected chi connectivity index (χ0v) is 12.7. The summed E-state index contributed by atoms with van der Waals surface area (Å²) in [5, 5.41) is 13.7. The summed E-state index contributed by atoms with van der Waals surface area (Å²) in [4.78, 5) is 1.11. The molecule has 3 nitrogen and oxygen atoms in total. The van der Waals surface area contributed by atoms with Crippen molar-refractivity contribution in [1.82, 2.24) is 5.32 Å². The number of thiophene rings is 1. The van der Waals surface area contributed by atoms with E-state index in [1.807, 2.05) is 24.3 Å². The van der Waals surface area contributed by atoms with Gasteiger partial charge in [-0.2, -0.15) is 0 Å². The van der Waals surface area contributed by atoms with E-state index >= 15 is 0 Å². The Labute approximate surface area is 127 Å². The van der Waals surface area contributed by atoms with Crippen LogP contribution in [-0.2, 0) is 0 Å². The predicted molar refractivity (Wildman–Crippen MR) is 81.3 cm³/mol. The molecule has 0 aliphatic heterocycles. The second kappa shape index (κ2) is 6.31. The van der Waals surface area contributed by atoms with Crippen molar-refractivity contribution in [3.63, 3.8) is 0 Å². The fourth-order valence-electron chi connectivity index (χ4n) is 2.76. The van der Waals surface area contributed by atoms with Crippen LogP contribution in [0.25, 0.3) is 0 Å². The average molecular weight is 312 g/mol. The SMILES string of the molecule is OC1CCCCC1NC(c1ccco1)c1ccc(Cl)s1. The van der Waals surface area contributed by atoms with E-state index < -0.39 is 0 Å². The first-order valence-electron chi connectivity index (χ1n) is 6.97. The number of hydrogen-bond acceptors (Lipinski definition) is 4. The smallest absolute Gasteiger partial charge is 0.126 e. The van der Waals surface area contributed by atoms with Crippen LogP contribution in [0.5, 0.6) is 0 Å². The molecule has 2 N–H and O–H groups in total. The van der Waals surface area contributed by atoms with Crippen molar-refractivity contribution < 1.29 is 9.52 Å². The number of hydrogen-bond donors (Lipinski definition) is 2. The van der Waals surface area contributed by atoms with Crippen molar-refractivity contribution in [3.05, 3.63) is 45.5 Å². The molecular formula is C15H18ClNO2S. The maximum Gasteiger partial charge on any atom is 0.126 e. The Bertz CT molecular complexity index is 540. The minimum atomic E-state index is -0.281. The molecule has 3 rings (SSSR count). The minimum absolute atomic E-state index is 0.0414. The first kappa shape index (κ1) is 14.1. The molecule has 0 aromatic carbocycles. The van der Waals surface area contributed by atoms with Crippen molar-refractivity contribution in [2.45, 2.75) is 43.9 Å².